The van der Waals surface area contributed by atoms with Crippen LogP contribution in [0, 0.1) is 0 Å². The third-order valence-electron chi connectivity index (χ3n) is 4.73. The van der Waals surface area contributed by atoms with Gasteiger partial charge in [0.1, 0.15) is 5.82 Å². The molecule has 1 aliphatic rings. The van der Waals surface area contributed by atoms with Crippen molar-refractivity contribution in [1.29, 1.82) is 0 Å². The van der Waals surface area contributed by atoms with Crippen molar-refractivity contribution < 1.29 is 9.26 Å². The van der Waals surface area contributed by atoms with Crippen LogP contribution < -0.4 is 15.0 Å². The Bertz CT molecular complexity index is 1120. The van der Waals surface area contributed by atoms with Gasteiger partial charge in [0.25, 0.3) is 0 Å². The summed E-state index contributed by atoms with van der Waals surface area (Å²) in [6, 6.07) is 5.36. The number of hydrogen-bond donors (Lipinski definition) is 1. The highest BCUT2D eigenvalue weighted by Crippen LogP contribution is 2.37. The van der Waals surface area contributed by atoms with Crippen LogP contribution in [0.1, 0.15) is 24.6 Å². The van der Waals surface area contributed by atoms with Gasteiger partial charge in [0, 0.05) is 42.6 Å². The first kappa shape index (κ1) is 18.4. The number of anilines is 3. The topological polar surface area (TPSA) is 115 Å². The van der Waals surface area contributed by atoms with Gasteiger partial charge in [-0.1, -0.05) is 5.16 Å². The molecule has 0 aliphatic carbocycles. The Morgan fingerprint density at radius 1 is 1.17 bits per heavy atom. The molecule has 0 aromatic carbocycles. The molecule has 5 heterocycles. The predicted molar refractivity (Wildman–Crippen MR) is 111 cm³/mol. The predicted octanol–water partition coefficient (Wildman–Crippen LogP) is 3.47. The van der Waals surface area contributed by atoms with Crippen molar-refractivity contribution in [2.45, 2.75) is 18.9 Å². The molecular formula is C19H18N8O2S. The molecule has 0 radical (unpaired) electrons. The molecule has 0 spiro atoms. The van der Waals surface area contributed by atoms with E-state index in [1.807, 2.05) is 11.4 Å². The molecule has 1 atom stereocenters. The maximum Gasteiger partial charge on any atom is 0.231 e. The van der Waals surface area contributed by atoms with Gasteiger partial charge in [-0.25, -0.2) is 15.0 Å². The lowest BCUT2D eigenvalue weighted by molar-refractivity contribution is 0.361. The molecule has 152 valence electrons. The Morgan fingerprint density at radius 3 is 2.87 bits per heavy atom. The van der Waals surface area contributed by atoms with Gasteiger partial charge in [0.15, 0.2) is 22.4 Å². The number of aromatic nitrogens is 6. The van der Waals surface area contributed by atoms with Crippen molar-refractivity contribution in [3.05, 3.63) is 47.9 Å². The molecule has 11 heteroatoms. The minimum Gasteiger partial charge on any atom is -0.481 e. The summed E-state index contributed by atoms with van der Waals surface area (Å²) >= 11 is 1.50. The number of nitrogens with one attached hydrogen (secondary N) is 1. The fourth-order valence-corrected chi connectivity index (χ4v) is 3.93. The van der Waals surface area contributed by atoms with E-state index < -0.39 is 0 Å². The molecule has 4 aromatic heterocycles. The number of rotatable bonds is 6. The van der Waals surface area contributed by atoms with Crippen molar-refractivity contribution in [3.8, 4) is 17.4 Å². The van der Waals surface area contributed by atoms with Gasteiger partial charge in [-0.15, -0.1) is 11.3 Å². The van der Waals surface area contributed by atoms with Gasteiger partial charge in [-0.3, -0.25) is 0 Å². The fourth-order valence-electron chi connectivity index (χ4n) is 3.39. The number of nitrogens with zero attached hydrogens (tertiary/aromatic N) is 7. The smallest absolute Gasteiger partial charge is 0.231 e. The lowest BCUT2D eigenvalue weighted by Gasteiger charge is -2.23. The molecule has 10 nitrogen and oxygen atoms in total. The summed E-state index contributed by atoms with van der Waals surface area (Å²) in [6.07, 6.45) is 6.98. The van der Waals surface area contributed by atoms with E-state index in [2.05, 4.69) is 40.3 Å². The van der Waals surface area contributed by atoms with E-state index in [0.29, 0.717) is 29.2 Å². The van der Waals surface area contributed by atoms with Gasteiger partial charge in [0.05, 0.1) is 13.2 Å². The third-order valence-corrected chi connectivity index (χ3v) is 5.42. The summed E-state index contributed by atoms with van der Waals surface area (Å²) < 4.78 is 11.0. The highest BCUT2D eigenvalue weighted by Gasteiger charge is 2.32. The van der Waals surface area contributed by atoms with Crippen molar-refractivity contribution in [2.75, 3.05) is 23.9 Å². The van der Waals surface area contributed by atoms with E-state index in [1.54, 1.807) is 37.8 Å². The molecule has 1 fully saturated rings. The maximum atomic E-state index is 5.64. The number of hydrogen-bond acceptors (Lipinski definition) is 11. The fraction of sp³-hybridized carbons (Fsp3) is 0.263. The van der Waals surface area contributed by atoms with Crippen LogP contribution >= 0.6 is 11.3 Å². The second-order valence-corrected chi connectivity index (χ2v) is 7.49. The standard InChI is InChI=1S/C19H18N8O2S/c1-28-16-11-15(24-19-22-7-9-30-19)23-18(25-16)27-8-2-4-13(27)14-10-12(26-29-14)17-20-5-3-6-21-17/h3,5-7,9-11,13H,2,4,8H2,1H3,(H,22,23,24,25). The van der Waals surface area contributed by atoms with Gasteiger partial charge >= 0.3 is 0 Å². The van der Waals surface area contributed by atoms with E-state index in [0.717, 1.165) is 30.3 Å². The molecule has 1 N–H and O–H groups in total. The normalized spacial score (nSPS) is 16.0. The molecule has 1 saturated heterocycles. The van der Waals surface area contributed by atoms with Crippen LogP contribution in [0.15, 0.2) is 46.7 Å². The quantitative estimate of drug-likeness (QED) is 0.495. The molecule has 5 rings (SSSR count). The van der Waals surface area contributed by atoms with Crippen molar-refractivity contribution in [3.63, 3.8) is 0 Å². The SMILES string of the molecule is COc1cc(Nc2nccs2)nc(N2CCCC2c2cc(-c3ncccn3)no2)n1. The minimum atomic E-state index is -0.0326. The van der Waals surface area contributed by atoms with E-state index in [4.69, 9.17) is 9.26 Å². The van der Waals surface area contributed by atoms with E-state index in [9.17, 15) is 0 Å². The summed E-state index contributed by atoms with van der Waals surface area (Å²) in [7, 11) is 1.59. The Balaban J connectivity index is 1.44. The molecular weight excluding hydrogens is 404 g/mol. The first-order valence-corrected chi connectivity index (χ1v) is 10.3. The number of thiazole rings is 1. The van der Waals surface area contributed by atoms with E-state index >= 15 is 0 Å². The Labute approximate surface area is 176 Å². The largest absolute Gasteiger partial charge is 0.481 e. The molecule has 1 aliphatic heterocycles. The molecule has 0 bridgehead atoms. The zero-order valence-corrected chi connectivity index (χ0v) is 16.9. The highest BCUT2D eigenvalue weighted by molar-refractivity contribution is 7.13. The van der Waals surface area contributed by atoms with E-state index in [-0.39, 0.29) is 6.04 Å². The van der Waals surface area contributed by atoms with Crippen LogP contribution in [0.2, 0.25) is 0 Å². The third kappa shape index (κ3) is 3.66. The first-order chi connectivity index (χ1) is 14.8. The van der Waals surface area contributed by atoms with Gasteiger partial charge in [-0.2, -0.15) is 9.97 Å². The van der Waals surface area contributed by atoms with Crippen LogP contribution in [0.4, 0.5) is 16.9 Å². The van der Waals surface area contributed by atoms with Gasteiger partial charge in [-0.05, 0) is 18.9 Å². The molecule has 1 unspecified atom stereocenters. The molecule has 4 aromatic rings. The van der Waals surface area contributed by atoms with Crippen LogP contribution in [0.5, 0.6) is 5.88 Å². The summed E-state index contributed by atoms with van der Waals surface area (Å²) in [5.41, 5.74) is 0.607. The zero-order chi connectivity index (χ0) is 20.3. The Hall–Kier alpha value is -3.60. The lowest BCUT2D eigenvalue weighted by atomic mass is 10.1. The second-order valence-electron chi connectivity index (χ2n) is 6.60. The lowest BCUT2D eigenvalue weighted by Crippen LogP contribution is -2.24. The highest BCUT2D eigenvalue weighted by atomic mass is 32.1. The number of ether oxygens (including phenoxy) is 1. The summed E-state index contributed by atoms with van der Waals surface area (Å²) in [6.45, 7) is 0.798. The van der Waals surface area contributed by atoms with Gasteiger partial charge < -0.3 is 19.5 Å². The Morgan fingerprint density at radius 2 is 2.07 bits per heavy atom. The first-order valence-electron chi connectivity index (χ1n) is 9.40. The molecule has 0 saturated carbocycles. The van der Waals surface area contributed by atoms with Crippen LogP contribution in [-0.4, -0.2) is 43.7 Å². The van der Waals surface area contributed by atoms with Crippen LogP contribution in [0.25, 0.3) is 11.5 Å². The van der Waals surface area contributed by atoms with Crippen molar-refractivity contribution >= 4 is 28.2 Å². The van der Waals surface area contributed by atoms with Crippen LogP contribution in [0.3, 0.4) is 0 Å². The Kier molecular flexibility index (Phi) is 4.93. The average Bonchev–Trinajstić information content (AvgIpc) is 3.55. The second kappa shape index (κ2) is 8.03. The summed E-state index contributed by atoms with van der Waals surface area (Å²) in [4.78, 5) is 24.1. The summed E-state index contributed by atoms with van der Waals surface area (Å²) in [5, 5.41) is 10.0. The van der Waals surface area contributed by atoms with Gasteiger partial charge in [0.2, 0.25) is 11.8 Å². The zero-order valence-electron chi connectivity index (χ0n) is 16.1. The summed E-state index contributed by atoms with van der Waals surface area (Å²) in [5.74, 6) is 2.92. The monoisotopic (exact) mass is 422 g/mol. The minimum absolute atomic E-state index is 0.0326. The van der Waals surface area contributed by atoms with Crippen molar-refractivity contribution in [2.24, 2.45) is 0 Å². The molecule has 0 amide bonds. The number of methoxy groups -OCH3 is 1. The maximum absolute atomic E-state index is 5.64. The van der Waals surface area contributed by atoms with E-state index in [1.165, 1.54) is 11.3 Å². The molecule has 30 heavy (non-hydrogen) atoms. The van der Waals surface area contributed by atoms with Crippen molar-refractivity contribution in [1.82, 2.24) is 30.1 Å². The van der Waals surface area contributed by atoms with Crippen LogP contribution in [-0.2, 0) is 0 Å². The average molecular weight is 422 g/mol.